The lowest BCUT2D eigenvalue weighted by molar-refractivity contribution is -0.129. The van der Waals surface area contributed by atoms with Crippen LogP contribution in [0.4, 0.5) is 4.79 Å². The Balaban J connectivity index is 1.58. The number of carbonyl (C=O) groups excluding carboxylic acids is 3. The van der Waals surface area contributed by atoms with Gasteiger partial charge < -0.3 is 14.8 Å². The van der Waals surface area contributed by atoms with Crippen LogP contribution in [0.3, 0.4) is 0 Å². The average molecular weight is 441 g/mol. The molecule has 8 heteroatoms. The van der Waals surface area contributed by atoms with Crippen LogP contribution in [0.5, 0.6) is 5.75 Å². The van der Waals surface area contributed by atoms with Gasteiger partial charge in [-0.3, -0.25) is 19.3 Å². The van der Waals surface area contributed by atoms with Crippen molar-refractivity contribution in [2.75, 3.05) is 26.8 Å². The van der Waals surface area contributed by atoms with E-state index in [0.29, 0.717) is 25.5 Å². The SMILES string of the molecule is COCCNC(=O)CN1C(=O)S/C(=C\c2ccc(OCc3cccc(C)c3)cc2)C1=O. The molecule has 31 heavy (non-hydrogen) atoms. The molecule has 0 aliphatic carbocycles. The molecule has 162 valence electrons. The van der Waals surface area contributed by atoms with Gasteiger partial charge in [-0.15, -0.1) is 0 Å². The topological polar surface area (TPSA) is 84.9 Å². The van der Waals surface area contributed by atoms with Crippen LogP contribution in [0.25, 0.3) is 6.08 Å². The summed E-state index contributed by atoms with van der Waals surface area (Å²) in [6.45, 7) is 2.87. The molecular formula is C23H24N2O5S. The molecule has 1 saturated heterocycles. The van der Waals surface area contributed by atoms with Crippen LogP contribution in [-0.4, -0.2) is 48.8 Å². The molecule has 0 radical (unpaired) electrons. The van der Waals surface area contributed by atoms with Gasteiger partial charge in [0.1, 0.15) is 18.9 Å². The molecule has 0 saturated carbocycles. The third kappa shape index (κ3) is 6.44. The second kappa shape index (κ2) is 10.8. The van der Waals surface area contributed by atoms with Crippen LogP contribution in [-0.2, 0) is 20.9 Å². The van der Waals surface area contributed by atoms with Gasteiger partial charge in [0.15, 0.2) is 0 Å². The molecule has 1 aliphatic rings. The Morgan fingerprint density at radius 2 is 1.94 bits per heavy atom. The molecule has 0 spiro atoms. The van der Waals surface area contributed by atoms with E-state index < -0.39 is 17.1 Å². The van der Waals surface area contributed by atoms with E-state index in [0.717, 1.165) is 27.8 Å². The summed E-state index contributed by atoms with van der Waals surface area (Å²) in [5.74, 6) is -0.174. The molecule has 3 amide bonds. The van der Waals surface area contributed by atoms with Gasteiger partial charge in [0.2, 0.25) is 5.91 Å². The van der Waals surface area contributed by atoms with E-state index in [1.54, 1.807) is 6.08 Å². The van der Waals surface area contributed by atoms with E-state index in [2.05, 4.69) is 11.4 Å². The number of rotatable bonds is 9. The monoisotopic (exact) mass is 440 g/mol. The summed E-state index contributed by atoms with van der Waals surface area (Å²) in [6.07, 6.45) is 1.64. The molecule has 0 bridgehead atoms. The number of ether oxygens (including phenoxy) is 2. The highest BCUT2D eigenvalue weighted by atomic mass is 32.2. The number of methoxy groups -OCH3 is 1. The van der Waals surface area contributed by atoms with Crippen molar-refractivity contribution < 1.29 is 23.9 Å². The number of nitrogens with one attached hydrogen (secondary N) is 1. The first-order valence-electron chi connectivity index (χ1n) is 9.75. The number of imide groups is 1. The summed E-state index contributed by atoms with van der Waals surface area (Å²) >= 11 is 0.823. The van der Waals surface area contributed by atoms with Gasteiger partial charge in [-0.1, -0.05) is 42.0 Å². The summed E-state index contributed by atoms with van der Waals surface area (Å²) < 4.78 is 10.7. The molecular weight excluding hydrogens is 416 g/mol. The maximum Gasteiger partial charge on any atom is 0.294 e. The third-order valence-corrected chi connectivity index (χ3v) is 5.38. The van der Waals surface area contributed by atoms with Crippen LogP contribution in [0.1, 0.15) is 16.7 Å². The van der Waals surface area contributed by atoms with Crippen molar-refractivity contribution in [1.29, 1.82) is 0 Å². The third-order valence-electron chi connectivity index (χ3n) is 4.47. The Bertz CT molecular complexity index is 988. The minimum atomic E-state index is -0.475. The smallest absolute Gasteiger partial charge is 0.294 e. The lowest BCUT2D eigenvalue weighted by Crippen LogP contribution is -2.40. The maximum atomic E-state index is 12.5. The number of benzene rings is 2. The van der Waals surface area contributed by atoms with Crippen molar-refractivity contribution in [3.8, 4) is 5.75 Å². The van der Waals surface area contributed by atoms with Crippen molar-refractivity contribution in [3.63, 3.8) is 0 Å². The van der Waals surface area contributed by atoms with Gasteiger partial charge in [0.05, 0.1) is 11.5 Å². The number of amides is 3. The van der Waals surface area contributed by atoms with Gasteiger partial charge in [-0.2, -0.15) is 0 Å². The Morgan fingerprint density at radius 3 is 2.65 bits per heavy atom. The molecule has 2 aromatic carbocycles. The van der Waals surface area contributed by atoms with Crippen LogP contribution in [0, 0.1) is 6.92 Å². The lowest BCUT2D eigenvalue weighted by atomic mass is 10.1. The molecule has 0 aromatic heterocycles. The minimum Gasteiger partial charge on any atom is -0.489 e. The summed E-state index contributed by atoms with van der Waals surface area (Å²) in [5.41, 5.74) is 3.03. The predicted octanol–water partition coefficient (Wildman–Crippen LogP) is 3.37. The molecule has 1 aliphatic heterocycles. The van der Waals surface area contributed by atoms with Gasteiger partial charge in [0, 0.05) is 13.7 Å². The van der Waals surface area contributed by atoms with Gasteiger partial charge in [-0.25, -0.2) is 0 Å². The van der Waals surface area contributed by atoms with Crippen LogP contribution in [0.2, 0.25) is 0 Å². The Labute approximate surface area is 185 Å². The lowest BCUT2D eigenvalue weighted by Gasteiger charge is -2.12. The number of carbonyl (C=O) groups is 3. The van der Waals surface area contributed by atoms with Crippen molar-refractivity contribution in [2.45, 2.75) is 13.5 Å². The fourth-order valence-corrected chi connectivity index (χ4v) is 3.75. The number of thioether (sulfide) groups is 1. The van der Waals surface area contributed by atoms with E-state index in [1.807, 2.05) is 49.4 Å². The standard InChI is InChI=1S/C23H24N2O5S/c1-16-4-3-5-18(12-16)15-30-19-8-6-17(7-9-19)13-20-22(27)25(23(28)31-20)14-21(26)24-10-11-29-2/h3-9,12-13H,10-11,14-15H2,1-2H3,(H,24,26)/b20-13-. The van der Waals surface area contributed by atoms with Crippen LogP contribution < -0.4 is 10.1 Å². The highest BCUT2D eigenvalue weighted by Gasteiger charge is 2.36. The van der Waals surface area contributed by atoms with Crippen LogP contribution >= 0.6 is 11.8 Å². The first kappa shape index (κ1) is 22.6. The van der Waals surface area contributed by atoms with E-state index in [-0.39, 0.29) is 11.4 Å². The zero-order chi connectivity index (χ0) is 22.2. The van der Waals surface area contributed by atoms with Gasteiger partial charge in [0.25, 0.3) is 11.1 Å². The van der Waals surface area contributed by atoms with Gasteiger partial charge in [-0.05, 0) is 48.0 Å². The first-order valence-corrected chi connectivity index (χ1v) is 10.6. The second-order valence-electron chi connectivity index (χ2n) is 6.96. The van der Waals surface area contributed by atoms with E-state index >= 15 is 0 Å². The zero-order valence-corrected chi connectivity index (χ0v) is 18.2. The summed E-state index contributed by atoms with van der Waals surface area (Å²) in [4.78, 5) is 37.8. The Morgan fingerprint density at radius 1 is 1.16 bits per heavy atom. The molecule has 0 atom stereocenters. The molecule has 1 N–H and O–H groups in total. The highest BCUT2D eigenvalue weighted by molar-refractivity contribution is 8.18. The second-order valence-corrected chi connectivity index (χ2v) is 7.95. The Kier molecular flexibility index (Phi) is 7.86. The minimum absolute atomic E-state index is 0.281. The van der Waals surface area contributed by atoms with Crippen molar-refractivity contribution in [1.82, 2.24) is 10.2 Å². The molecule has 1 heterocycles. The van der Waals surface area contributed by atoms with E-state index in [4.69, 9.17) is 9.47 Å². The van der Waals surface area contributed by atoms with E-state index in [1.165, 1.54) is 12.7 Å². The first-order chi connectivity index (χ1) is 15.0. The van der Waals surface area contributed by atoms with Crippen molar-refractivity contribution in [2.24, 2.45) is 0 Å². The zero-order valence-electron chi connectivity index (χ0n) is 17.4. The largest absolute Gasteiger partial charge is 0.489 e. The normalized spacial score (nSPS) is 14.9. The van der Waals surface area contributed by atoms with Gasteiger partial charge >= 0.3 is 0 Å². The van der Waals surface area contributed by atoms with Crippen LogP contribution in [0.15, 0.2) is 53.4 Å². The van der Waals surface area contributed by atoms with E-state index in [9.17, 15) is 14.4 Å². The van der Waals surface area contributed by atoms with Crippen molar-refractivity contribution >= 4 is 34.9 Å². The summed E-state index contributed by atoms with van der Waals surface area (Å²) in [7, 11) is 1.52. The summed E-state index contributed by atoms with van der Waals surface area (Å²) in [6, 6.07) is 15.4. The fourth-order valence-electron chi connectivity index (χ4n) is 2.91. The average Bonchev–Trinajstić information content (AvgIpc) is 3.01. The molecule has 3 rings (SSSR count). The quantitative estimate of drug-likeness (QED) is 0.475. The number of nitrogens with zero attached hydrogens (tertiary/aromatic N) is 1. The fraction of sp³-hybridized carbons (Fsp3) is 0.261. The molecule has 7 nitrogen and oxygen atoms in total. The predicted molar refractivity (Wildman–Crippen MR) is 120 cm³/mol. The Hall–Kier alpha value is -3.10. The maximum absolute atomic E-state index is 12.5. The molecule has 0 unspecified atom stereocenters. The number of aryl methyl sites for hydroxylation is 1. The number of hydrogen-bond donors (Lipinski definition) is 1. The molecule has 1 fully saturated rings. The molecule has 2 aromatic rings. The summed E-state index contributed by atoms with van der Waals surface area (Å²) in [5, 5.41) is 2.13. The van der Waals surface area contributed by atoms with Crippen molar-refractivity contribution in [3.05, 3.63) is 70.1 Å². The highest BCUT2D eigenvalue weighted by Crippen LogP contribution is 2.32. The number of hydrogen-bond acceptors (Lipinski definition) is 6.